The van der Waals surface area contributed by atoms with Crippen LogP contribution in [-0.2, 0) is 9.57 Å². The third kappa shape index (κ3) is 3.52. The molecule has 2 rings (SSSR count). The minimum atomic E-state index is -0.540. The van der Waals surface area contributed by atoms with Crippen LogP contribution in [0.3, 0.4) is 0 Å². The summed E-state index contributed by atoms with van der Waals surface area (Å²) in [6.07, 6.45) is 2.23. The highest BCUT2D eigenvalue weighted by atomic mass is 16.8. The molecule has 1 amide bonds. The number of nitrogens with zero attached hydrogens (tertiary/aromatic N) is 1. The second-order valence-corrected chi connectivity index (χ2v) is 4.60. The lowest BCUT2D eigenvalue weighted by molar-refractivity contribution is -0.384. The van der Waals surface area contributed by atoms with Gasteiger partial charge in [0.25, 0.3) is 11.6 Å². The van der Waals surface area contributed by atoms with Crippen molar-refractivity contribution in [3.8, 4) is 0 Å². The summed E-state index contributed by atoms with van der Waals surface area (Å²) in [7, 11) is 0. The predicted molar refractivity (Wildman–Crippen MR) is 70.0 cm³/mol. The second kappa shape index (κ2) is 6.44. The average Bonchev–Trinajstić information content (AvgIpc) is 2.46. The number of benzene rings is 1. The van der Waals surface area contributed by atoms with E-state index in [1.165, 1.54) is 18.2 Å². The fraction of sp³-hybridized carbons (Fsp3) is 0.462. The second-order valence-electron chi connectivity index (χ2n) is 4.60. The van der Waals surface area contributed by atoms with Gasteiger partial charge in [-0.15, -0.1) is 0 Å². The summed E-state index contributed by atoms with van der Waals surface area (Å²) in [5.74, 6) is -0.514. The number of amides is 1. The van der Waals surface area contributed by atoms with Crippen LogP contribution in [0, 0.1) is 17.0 Å². The summed E-state index contributed by atoms with van der Waals surface area (Å²) in [4.78, 5) is 27.3. The summed E-state index contributed by atoms with van der Waals surface area (Å²) >= 11 is 0. The molecule has 0 saturated carbocycles. The Morgan fingerprint density at radius 1 is 1.50 bits per heavy atom. The number of aryl methyl sites for hydroxylation is 1. The van der Waals surface area contributed by atoms with Gasteiger partial charge in [0.2, 0.25) is 0 Å². The van der Waals surface area contributed by atoms with Crippen molar-refractivity contribution in [3.05, 3.63) is 39.4 Å². The molecule has 0 bridgehead atoms. The molecule has 0 radical (unpaired) electrons. The van der Waals surface area contributed by atoms with E-state index in [0.717, 1.165) is 12.8 Å². The third-order valence-corrected chi connectivity index (χ3v) is 3.10. The molecule has 108 valence electrons. The van der Waals surface area contributed by atoms with Gasteiger partial charge in [-0.1, -0.05) is 6.07 Å². The summed E-state index contributed by atoms with van der Waals surface area (Å²) in [6, 6.07) is 4.12. The highest BCUT2D eigenvalue weighted by Gasteiger charge is 2.18. The van der Waals surface area contributed by atoms with Crippen LogP contribution in [0.2, 0.25) is 0 Å². The Labute approximate surface area is 116 Å². The fourth-order valence-electron chi connectivity index (χ4n) is 1.95. The van der Waals surface area contributed by atoms with Gasteiger partial charge < -0.3 is 4.74 Å². The van der Waals surface area contributed by atoms with Gasteiger partial charge in [-0.2, -0.15) is 0 Å². The molecule has 1 atom stereocenters. The molecular weight excluding hydrogens is 264 g/mol. The summed E-state index contributed by atoms with van der Waals surface area (Å²) < 4.78 is 5.31. The number of ether oxygens (including phenoxy) is 1. The highest BCUT2D eigenvalue weighted by molar-refractivity contribution is 5.95. The smallest absolute Gasteiger partial charge is 0.275 e. The number of non-ortho nitro benzene ring substituents is 1. The van der Waals surface area contributed by atoms with E-state index in [1.54, 1.807) is 6.92 Å². The molecule has 1 aromatic rings. The molecule has 1 heterocycles. The summed E-state index contributed by atoms with van der Waals surface area (Å²) in [5, 5.41) is 10.7. The molecule has 1 fully saturated rings. The standard InChI is InChI=1S/C13H16N2O5/c1-9-5-6-10(15(17)18)8-11(9)13(16)14-20-12-4-2-3-7-19-12/h5-6,8,12H,2-4,7H2,1H3,(H,14,16). The van der Waals surface area contributed by atoms with Crippen LogP contribution in [0.15, 0.2) is 18.2 Å². The van der Waals surface area contributed by atoms with Crippen molar-refractivity contribution in [2.45, 2.75) is 32.5 Å². The molecule has 1 aromatic carbocycles. The van der Waals surface area contributed by atoms with Gasteiger partial charge in [0, 0.05) is 25.2 Å². The largest absolute Gasteiger partial charge is 0.350 e. The van der Waals surface area contributed by atoms with Gasteiger partial charge in [0.05, 0.1) is 10.5 Å². The Hall–Kier alpha value is -1.99. The number of hydroxylamine groups is 1. The Bertz CT molecular complexity index is 511. The first-order valence-corrected chi connectivity index (χ1v) is 6.40. The number of carbonyl (C=O) groups excluding carboxylic acids is 1. The lowest BCUT2D eigenvalue weighted by Gasteiger charge is -2.22. The first-order chi connectivity index (χ1) is 9.58. The zero-order valence-electron chi connectivity index (χ0n) is 11.1. The van der Waals surface area contributed by atoms with Gasteiger partial charge in [-0.05, 0) is 25.3 Å². The van der Waals surface area contributed by atoms with Crippen molar-refractivity contribution in [2.75, 3.05) is 6.61 Å². The maximum atomic E-state index is 12.0. The number of nitro benzene ring substituents is 1. The Morgan fingerprint density at radius 2 is 2.30 bits per heavy atom. The van der Waals surface area contributed by atoms with Crippen LogP contribution < -0.4 is 5.48 Å². The predicted octanol–water partition coefficient (Wildman–Crippen LogP) is 2.09. The summed E-state index contributed by atoms with van der Waals surface area (Å²) in [5.41, 5.74) is 3.02. The van der Waals surface area contributed by atoms with Crippen molar-refractivity contribution < 1.29 is 19.3 Å². The number of nitrogens with one attached hydrogen (secondary N) is 1. The van der Waals surface area contributed by atoms with Crippen molar-refractivity contribution in [3.63, 3.8) is 0 Å². The minimum absolute atomic E-state index is 0.130. The van der Waals surface area contributed by atoms with E-state index in [9.17, 15) is 14.9 Å². The summed E-state index contributed by atoms with van der Waals surface area (Å²) in [6.45, 7) is 2.31. The van der Waals surface area contributed by atoms with Gasteiger partial charge in [-0.25, -0.2) is 10.3 Å². The molecule has 7 heteroatoms. The maximum absolute atomic E-state index is 12.0. The van der Waals surface area contributed by atoms with Gasteiger partial charge in [0.15, 0.2) is 6.29 Å². The average molecular weight is 280 g/mol. The van der Waals surface area contributed by atoms with E-state index >= 15 is 0 Å². The van der Waals surface area contributed by atoms with E-state index in [0.29, 0.717) is 18.6 Å². The van der Waals surface area contributed by atoms with Crippen LogP contribution in [-0.4, -0.2) is 23.7 Å². The van der Waals surface area contributed by atoms with E-state index < -0.39 is 17.1 Å². The van der Waals surface area contributed by atoms with Crippen molar-refractivity contribution in [2.24, 2.45) is 0 Å². The first-order valence-electron chi connectivity index (χ1n) is 6.40. The van der Waals surface area contributed by atoms with Crippen LogP contribution >= 0.6 is 0 Å². The van der Waals surface area contributed by atoms with Crippen LogP contribution in [0.25, 0.3) is 0 Å². The lowest BCUT2D eigenvalue weighted by Crippen LogP contribution is -2.33. The van der Waals surface area contributed by atoms with Crippen LogP contribution in [0.5, 0.6) is 0 Å². The van der Waals surface area contributed by atoms with Crippen LogP contribution in [0.4, 0.5) is 5.69 Å². The Morgan fingerprint density at radius 3 is 2.95 bits per heavy atom. The minimum Gasteiger partial charge on any atom is -0.350 e. The van der Waals surface area contributed by atoms with Crippen molar-refractivity contribution in [1.29, 1.82) is 0 Å². The van der Waals surface area contributed by atoms with Crippen molar-refractivity contribution in [1.82, 2.24) is 5.48 Å². The quantitative estimate of drug-likeness (QED) is 0.673. The molecule has 7 nitrogen and oxygen atoms in total. The molecule has 20 heavy (non-hydrogen) atoms. The Balaban J connectivity index is 2.00. The molecule has 1 saturated heterocycles. The SMILES string of the molecule is Cc1ccc([N+](=O)[O-])cc1C(=O)NOC1CCCCO1. The first kappa shape index (κ1) is 14.4. The van der Waals surface area contributed by atoms with E-state index in [4.69, 9.17) is 9.57 Å². The number of nitro groups is 1. The van der Waals surface area contributed by atoms with Gasteiger partial charge in [0.1, 0.15) is 0 Å². The van der Waals surface area contributed by atoms with Gasteiger partial charge >= 0.3 is 0 Å². The number of hydrogen-bond donors (Lipinski definition) is 1. The molecule has 1 unspecified atom stereocenters. The topological polar surface area (TPSA) is 90.7 Å². The maximum Gasteiger partial charge on any atom is 0.275 e. The number of rotatable bonds is 4. The Kier molecular flexibility index (Phi) is 4.65. The zero-order valence-corrected chi connectivity index (χ0v) is 11.1. The van der Waals surface area contributed by atoms with E-state index in [-0.39, 0.29) is 11.3 Å². The normalized spacial score (nSPS) is 18.6. The fourth-order valence-corrected chi connectivity index (χ4v) is 1.95. The molecule has 1 aliphatic rings. The highest BCUT2D eigenvalue weighted by Crippen LogP contribution is 2.18. The van der Waals surface area contributed by atoms with E-state index in [2.05, 4.69) is 5.48 Å². The van der Waals surface area contributed by atoms with E-state index in [1.807, 2.05) is 0 Å². The molecule has 0 aromatic heterocycles. The lowest BCUT2D eigenvalue weighted by atomic mass is 10.1. The molecule has 1 N–H and O–H groups in total. The molecule has 1 aliphatic heterocycles. The molecule has 0 spiro atoms. The molecular formula is C13H16N2O5. The van der Waals surface area contributed by atoms with Crippen LogP contribution in [0.1, 0.15) is 35.2 Å². The monoisotopic (exact) mass is 280 g/mol. The molecule has 0 aliphatic carbocycles. The zero-order chi connectivity index (χ0) is 14.5. The number of hydrogen-bond acceptors (Lipinski definition) is 5. The van der Waals surface area contributed by atoms with Gasteiger partial charge in [-0.3, -0.25) is 14.9 Å². The third-order valence-electron chi connectivity index (χ3n) is 3.10. The number of carbonyl (C=O) groups is 1. The van der Waals surface area contributed by atoms with Crippen molar-refractivity contribution >= 4 is 11.6 Å².